The normalized spacial score (nSPS) is 12.8. The lowest BCUT2D eigenvalue weighted by molar-refractivity contribution is -0.157. The van der Waals surface area contributed by atoms with E-state index >= 15 is 0 Å². The minimum atomic E-state index is -4.82. The van der Waals surface area contributed by atoms with E-state index in [1.165, 1.54) is 0 Å². The Morgan fingerprint density at radius 1 is 1.15 bits per heavy atom. The van der Waals surface area contributed by atoms with Crippen LogP contribution in [-0.2, 0) is 4.79 Å². The van der Waals surface area contributed by atoms with Crippen molar-refractivity contribution in [2.45, 2.75) is 18.6 Å². The van der Waals surface area contributed by atoms with E-state index in [1.54, 1.807) is 5.32 Å². The number of rotatable bonds is 4. The van der Waals surface area contributed by atoms with Crippen LogP contribution in [0, 0.1) is 11.6 Å². The van der Waals surface area contributed by atoms with Crippen LogP contribution in [0.25, 0.3) is 0 Å². The number of carboxylic acids is 1. The molecule has 0 aliphatic rings. The van der Waals surface area contributed by atoms with Gasteiger partial charge in [-0.25, -0.2) is 13.6 Å². The van der Waals surface area contributed by atoms with Crippen molar-refractivity contribution in [3.63, 3.8) is 0 Å². The number of hydrogen-bond donors (Lipinski definition) is 2. The maximum Gasteiger partial charge on any atom is 0.391 e. The first kappa shape index (κ1) is 15.9. The molecule has 110 valence electrons. The van der Waals surface area contributed by atoms with E-state index in [0.29, 0.717) is 18.2 Å². The fraction of sp³-hybridized carbons (Fsp3) is 0.273. The first-order valence-electron chi connectivity index (χ1n) is 5.15. The second kappa shape index (κ2) is 5.85. The van der Waals surface area contributed by atoms with Gasteiger partial charge in [-0.15, -0.1) is 0 Å². The van der Waals surface area contributed by atoms with Crippen LogP contribution in [0.2, 0.25) is 0 Å². The number of benzene rings is 1. The van der Waals surface area contributed by atoms with Gasteiger partial charge < -0.3 is 10.4 Å². The zero-order chi connectivity index (χ0) is 15.5. The predicted octanol–water partition coefficient (Wildman–Crippen LogP) is 2.10. The van der Waals surface area contributed by atoms with Gasteiger partial charge in [-0.3, -0.25) is 4.79 Å². The SMILES string of the molecule is O=C(NC(CC(F)(F)F)C(=O)O)c1cc(F)cc(F)c1. The number of hydrogen-bond acceptors (Lipinski definition) is 2. The summed E-state index contributed by atoms with van der Waals surface area (Å²) < 4.78 is 62.0. The minimum absolute atomic E-state index is 0.459. The smallest absolute Gasteiger partial charge is 0.391 e. The van der Waals surface area contributed by atoms with Crippen molar-refractivity contribution in [3.05, 3.63) is 35.4 Å². The Morgan fingerprint density at radius 2 is 1.65 bits per heavy atom. The van der Waals surface area contributed by atoms with Gasteiger partial charge in [-0.1, -0.05) is 0 Å². The molecule has 2 N–H and O–H groups in total. The van der Waals surface area contributed by atoms with Crippen LogP contribution in [0.3, 0.4) is 0 Å². The standard InChI is InChI=1S/C11H8F5NO3/c12-6-1-5(2-7(13)3-6)9(18)17-8(10(19)20)4-11(14,15)16/h1-3,8H,4H2,(H,17,18)(H,19,20). The van der Waals surface area contributed by atoms with E-state index in [-0.39, 0.29) is 0 Å². The zero-order valence-corrected chi connectivity index (χ0v) is 9.67. The molecule has 0 radical (unpaired) electrons. The van der Waals surface area contributed by atoms with E-state index in [2.05, 4.69) is 0 Å². The molecule has 0 aromatic heterocycles. The van der Waals surface area contributed by atoms with Gasteiger partial charge in [-0.2, -0.15) is 13.2 Å². The average molecular weight is 297 g/mol. The third kappa shape index (κ3) is 4.82. The molecule has 4 nitrogen and oxygen atoms in total. The van der Waals surface area contributed by atoms with Crippen LogP contribution in [0.15, 0.2) is 18.2 Å². The molecule has 1 amide bonds. The lowest BCUT2D eigenvalue weighted by Crippen LogP contribution is -2.43. The average Bonchev–Trinajstić information content (AvgIpc) is 2.24. The molecule has 20 heavy (non-hydrogen) atoms. The van der Waals surface area contributed by atoms with Gasteiger partial charge in [0.2, 0.25) is 0 Å². The molecule has 0 bridgehead atoms. The fourth-order valence-corrected chi connectivity index (χ4v) is 1.36. The van der Waals surface area contributed by atoms with Crippen molar-refractivity contribution in [2.75, 3.05) is 0 Å². The molecule has 1 rings (SSSR count). The Bertz CT molecular complexity index is 509. The predicted molar refractivity (Wildman–Crippen MR) is 55.9 cm³/mol. The van der Waals surface area contributed by atoms with Gasteiger partial charge in [0.25, 0.3) is 5.91 Å². The summed E-state index contributed by atoms with van der Waals surface area (Å²) in [7, 11) is 0. The van der Waals surface area contributed by atoms with Gasteiger partial charge in [-0.05, 0) is 12.1 Å². The van der Waals surface area contributed by atoms with Crippen molar-refractivity contribution < 1.29 is 36.6 Å². The highest BCUT2D eigenvalue weighted by Gasteiger charge is 2.36. The van der Waals surface area contributed by atoms with Crippen molar-refractivity contribution in [3.8, 4) is 0 Å². The lowest BCUT2D eigenvalue weighted by atomic mass is 10.1. The molecule has 1 aromatic carbocycles. The van der Waals surface area contributed by atoms with Crippen molar-refractivity contribution in [1.29, 1.82) is 0 Å². The molecule has 1 aromatic rings. The Morgan fingerprint density at radius 3 is 2.05 bits per heavy atom. The maximum atomic E-state index is 12.8. The Hall–Kier alpha value is -2.19. The van der Waals surface area contributed by atoms with Gasteiger partial charge in [0.05, 0.1) is 6.42 Å². The molecule has 0 saturated heterocycles. The monoisotopic (exact) mass is 297 g/mol. The third-order valence-electron chi connectivity index (χ3n) is 2.16. The van der Waals surface area contributed by atoms with Crippen molar-refractivity contribution in [2.24, 2.45) is 0 Å². The van der Waals surface area contributed by atoms with Crippen LogP contribution in [0.4, 0.5) is 22.0 Å². The number of amides is 1. The van der Waals surface area contributed by atoms with Crippen LogP contribution in [0.1, 0.15) is 16.8 Å². The number of nitrogens with one attached hydrogen (secondary N) is 1. The molecular weight excluding hydrogens is 289 g/mol. The number of aliphatic carboxylic acids is 1. The molecule has 0 heterocycles. The van der Waals surface area contributed by atoms with E-state index in [4.69, 9.17) is 5.11 Å². The molecule has 0 fully saturated rings. The first-order chi connectivity index (χ1) is 9.08. The van der Waals surface area contributed by atoms with Crippen LogP contribution < -0.4 is 5.32 Å². The number of halogens is 5. The molecule has 0 aliphatic heterocycles. The van der Waals surface area contributed by atoms with Crippen LogP contribution in [0.5, 0.6) is 0 Å². The number of carbonyl (C=O) groups is 2. The highest BCUT2D eigenvalue weighted by atomic mass is 19.4. The van der Waals surface area contributed by atoms with Gasteiger partial charge in [0.15, 0.2) is 0 Å². The summed E-state index contributed by atoms with van der Waals surface area (Å²) in [6, 6.07) is -0.634. The minimum Gasteiger partial charge on any atom is -0.480 e. The highest BCUT2D eigenvalue weighted by Crippen LogP contribution is 2.22. The molecule has 0 aliphatic carbocycles. The molecule has 9 heteroatoms. The lowest BCUT2D eigenvalue weighted by Gasteiger charge is -2.16. The molecule has 0 spiro atoms. The van der Waals surface area contributed by atoms with E-state index in [1.807, 2.05) is 0 Å². The molecule has 1 unspecified atom stereocenters. The molecule has 1 atom stereocenters. The topological polar surface area (TPSA) is 66.4 Å². The molecular formula is C11H8F5NO3. The fourth-order valence-electron chi connectivity index (χ4n) is 1.36. The summed E-state index contributed by atoms with van der Waals surface area (Å²) in [4.78, 5) is 22.1. The van der Waals surface area contributed by atoms with Crippen molar-refractivity contribution in [1.82, 2.24) is 5.32 Å². The largest absolute Gasteiger partial charge is 0.480 e. The number of alkyl halides is 3. The molecule has 0 saturated carbocycles. The summed E-state index contributed by atoms with van der Waals surface area (Å²) in [5, 5.41) is 10.1. The quantitative estimate of drug-likeness (QED) is 0.836. The summed E-state index contributed by atoms with van der Waals surface area (Å²) in [6.45, 7) is 0. The van der Waals surface area contributed by atoms with Crippen molar-refractivity contribution >= 4 is 11.9 Å². The number of carboxylic acid groups (broad SMARTS) is 1. The summed E-state index contributed by atoms with van der Waals surface area (Å²) in [6.07, 6.45) is -6.62. The highest BCUT2D eigenvalue weighted by molar-refractivity contribution is 5.96. The first-order valence-corrected chi connectivity index (χ1v) is 5.15. The van der Waals surface area contributed by atoms with E-state index < -0.39 is 47.7 Å². The van der Waals surface area contributed by atoms with Gasteiger partial charge in [0, 0.05) is 11.6 Å². The Kier molecular flexibility index (Phi) is 4.64. The van der Waals surface area contributed by atoms with Crippen LogP contribution in [-0.4, -0.2) is 29.2 Å². The Labute approximate surface area is 109 Å². The zero-order valence-electron chi connectivity index (χ0n) is 9.67. The van der Waals surface area contributed by atoms with Gasteiger partial charge >= 0.3 is 12.1 Å². The Balaban J connectivity index is 2.88. The second-order valence-electron chi connectivity index (χ2n) is 3.84. The maximum absolute atomic E-state index is 12.8. The second-order valence-corrected chi connectivity index (χ2v) is 3.84. The van der Waals surface area contributed by atoms with Crippen LogP contribution >= 0.6 is 0 Å². The summed E-state index contributed by atoms with van der Waals surface area (Å²) in [5.41, 5.74) is -0.615. The summed E-state index contributed by atoms with van der Waals surface area (Å²) >= 11 is 0. The van der Waals surface area contributed by atoms with E-state index in [0.717, 1.165) is 0 Å². The summed E-state index contributed by atoms with van der Waals surface area (Å²) in [5.74, 6) is -5.46. The van der Waals surface area contributed by atoms with E-state index in [9.17, 15) is 31.5 Å². The van der Waals surface area contributed by atoms with Gasteiger partial charge in [0.1, 0.15) is 17.7 Å². The number of carbonyl (C=O) groups excluding carboxylic acids is 1. The third-order valence-corrected chi connectivity index (χ3v) is 2.16.